The maximum atomic E-state index is 10.9. The molecule has 2 heterocycles. The number of ether oxygens (including phenoxy) is 1. The lowest BCUT2D eigenvalue weighted by molar-refractivity contribution is -0.384. The van der Waals surface area contributed by atoms with E-state index in [1.165, 1.54) is 41.6 Å². The molecule has 0 aliphatic carbocycles. The molecule has 1 unspecified atom stereocenters. The Balaban J connectivity index is 1.42. The van der Waals surface area contributed by atoms with Crippen LogP contribution in [0.5, 0.6) is 5.75 Å². The molecule has 0 bridgehead atoms. The van der Waals surface area contributed by atoms with Gasteiger partial charge in [0.2, 0.25) is 0 Å². The van der Waals surface area contributed by atoms with Gasteiger partial charge >= 0.3 is 0 Å². The van der Waals surface area contributed by atoms with Crippen molar-refractivity contribution in [3.05, 3.63) is 70.4 Å². The summed E-state index contributed by atoms with van der Waals surface area (Å²) < 4.78 is 5.79. The van der Waals surface area contributed by atoms with E-state index in [2.05, 4.69) is 34.1 Å². The summed E-state index contributed by atoms with van der Waals surface area (Å²) in [6.07, 6.45) is 3.54. The van der Waals surface area contributed by atoms with Gasteiger partial charge in [-0.1, -0.05) is 30.7 Å². The summed E-state index contributed by atoms with van der Waals surface area (Å²) in [5.74, 6) is 0.545. The van der Waals surface area contributed by atoms with Crippen LogP contribution in [0.15, 0.2) is 54.6 Å². The highest BCUT2D eigenvalue weighted by Crippen LogP contribution is 2.32. The van der Waals surface area contributed by atoms with Gasteiger partial charge in [0.15, 0.2) is 0 Å². The molecule has 4 rings (SSSR count). The van der Waals surface area contributed by atoms with E-state index >= 15 is 0 Å². The molecule has 1 atom stereocenters. The lowest BCUT2D eigenvalue weighted by Gasteiger charge is -2.35. The Morgan fingerprint density at radius 1 is 1.15 bits per heavy atom. The van der Waals surface area contributed by atoms with Crippen LogP contribution >= 0.6 is 0 Å². The van der Waals surface area contributed by atoms with E-state index in [0.29, 0.717) is 18.4 Å². The van der Waals surface area contributed by atoms with E-state index < -0.39 is 4.92 Å². The lowest BCUT2D eigenvalue weighted by Crippen LogP contribution is -2.36. The SMILES string of the molecule is O=[N+]([O-])c1cccc(OCCN2CCCCC2c2cc3ccccc3[nH]2)c1. The molecular formula is C21H23N3O3. The Hall–Kier alpha value is -2.86. The average molecular weight is 365 g/mol. The number of rotatable bonds is 6. The molecule has 1 N–H and O–H groups in total. The number of hydrogen-bond donors (Lipinski definition) is 1. The highest BCUT2D eigenvalue weighted by molar-refractivity contribution is 5.80. The van der Waals surface area contributed by atoms with Crippen molar-refractivity contribution in [3.8, 4) is 5.75 Å². The molecule has 0 radical (unpaired) electrons. The monoisotopic (exact) mass is 365 g/mol. The predicted molar refractivity (Wildman–Crippen MR) is 105 cm³/mol. The molecule has 6 heteroatoms. The van der Waals surface area contributed by atoms with Crippen LogP contribution in [0.25, 0.3) is 10.9 Å². The molecule has 3 aromatic rings. The lowest BCUT2D eigenvalue weighted by atomic mass is 9.99. The second-order valence-corrected chi connectivity index (χ2v) is 6.96. The number of fused-ring (bicyclic) bond motifs is 1. The molecule has 1 aromatic heterocycles. The van der Waals surface area contributed by atoms with Crippen molar-refractivity contribution in [1.29, 1.82) is 0 Å². The third-order valence-corrected chi connectivity index (χ3v) is 5.20. The zero-order valence-electron chi connectivity index (χ0n) is 15.1. The van der Waals surface area contributed by atoms with Gasteiger partial charge in [-0.2, -0.15) is 0 Å². The Morgan fingerprint density at radius 3 is 2.89 bits per heavy atom. The zero-order chi connectivity index (χ0) is 18.6. The normalized spacial score (nSPS) is 17.9. The number of aromatic amines is 1. The number of aromatic nitrogens is 1. The maximum absolute atomic E-state index is 10.9. The van der Waals surface area contributed by atoms with Gasteiger partial charge in [0.1, 0.15) is 12.4 Å². The number of likely N-dealkylation sites (tertiary alicyclic amines) is 1. The smallest absolute Gasteiger partial charge is 0.273 e. The molecule has 0 spiro atoms. The van der Waals surface area contributed by atoms with E-state index in [0.717, 1.165) is 19.5 Å². The summed E-state index contributed by atoms with van der Waals surface area (Å²) in [5, 5.41) is 12.1. The van der Waals surface area contributed by atoms with Crippen LogP contribution in [0, 0.1) is 10.1 Å². The number of nitro groups is 1. The topological polar surface area (TPSA) is 71.4 Å². The summed E-state index contributed by atoms with van der Waals surface area (Å²) in [5.41, 5.74) is 2.48. The number of para-hydroxylation sites is 1. The molecule has 0 amide bonds. The fourth-order valence-electron chi connectivity index (χ4n) is 3.85. The van der Waals surface area contributed by atoms with Crippen molar-refractivity contribution in [2.45, 2.75) is 25.3 Å². The minimum atomic E-state index is -0.399. The number of hydrogen-bond acceptors (Lipinski definition) is 4. The number of piperidine rings is 1. The molecule has 2 aromatic carbocycles. The van der Waals surface area contributed by atoms with Gasteiger partial charge in [0.05, 0.1) is 11.0 Å². The van der Waals surface area contributed by atoms with Gasteiger partial charge < -0.3 is 9.72 Å². The van der Waals surface area contributed by atoms with E-state index in [-0.39, 0.29) is 5.69 Å². The first-order valence-corrected chi connectivity index (χ1v) is 9.40. The number of non-ortho nitro benzene ring substituents is 1. The molecule has 6 nitrogen and oxygen atoms in total. The molecule has 1 aliphatic heterocycles. The van der Waals surface area contributed by atoms with Crippen LogP contribution in [0.2, 0.25) is 0 Å². The number of nitro benzene ring substituents is 1. The summed E-state index contributed by atoms with van der Waals surface area (Å²) in [6, 6.07) is 17.3. The van der Waals surface area contributed by atoms with Gasteiger partial charge in [-0.25, -0.2) is 0 Å². The van der Waals surface area contributed by atoms with Crippen LogP contribution in [0.3, 0.4) is 0 Å². The predicted octanol–water partition coefficient (Wildman–Crippen LogP) is 4.68. The first-order chi connectivity index (χ1) is 13.2. The fourth-order valence-corrected chi connectivity index (χ4v) is 3.85. The van der Waals surface area contributed by atoms with Crippen LogP contribution < -0.4 is 4.74 Å². The van der Waals surface area contributed by atoms with E-state index in [1.807, 2.05) is 6.07 Å². The van der Waals surface area contributed by atoms with Crippen molar-refractivity contribution in [3.63, 3.8) is 0 Å². The van der Waals surface area contributed by atoms with Crippen LogP contribution in [0.4, 0.5) is 5.69 Å². The molecule has 1 fully saturated rings. The van der Waals surface area contributed by atoms with Gasteiger partial charge in [-0.05, 0) is 43.0 Å². The second kappa shape index (κ2) is 7.80. The standard InChI is InChI=1S/C21H23N3O3/c25-24(26)17-7-5-8-18(15-17)27-13-12-23-11-4-3-10-21(23)20-14-16-6-1-2-9-19(16)22-20/h1-2,5-9,14-15,21-22H,3-4,10-13H2. The Morgan fingerprint density at radius 2 is 2.04 bits per heavy atom. The zero-order valence-corrected chi connectivity index (χ0v) is 15.1. The third-order valence-electron chi connectivity index (χ3n) is 5.20. The van der Waals surface area contributed by atoms with Crippen molar-refractivity contribution in [2.75, 3.05) is 19.7 Å². The quantitative estimate of drug-likeness (QED) is 0.508. The largest absolute Gasteiger partial charge is 0.492 e. The highest BCUT2D eigenvalue weighted by atomic mass is 16.6. The average Bonchev–Trinajstić information content (AvgIpc) is 3.12. The summed E-state index contributed by atoms with van der Waals surface area (Å²) >= 11 is 0. The fraction of sp³-hybridized carbons (Fsp3) is 0.333. The van der Waals surface area contributed by atoms with E-state index in [1.54, 1.807) is 12.1 Å². The van der Waals surface area contributed by atoms with Crippen LogP contribution in [-0.2, 0) is 0 Å². The summed E-state index contributed by atoms with van der Waals surface area (Å²) in [4.78, 5) is 16.5. The molecular weight excluding hydrogens is 342 g/mol. The van der Waals surface area contributed by atoms with E-state index in [4.69, 9.17) is 4.74 Å². The number of benzene rings is 2. The molecule has 1 saturated heterocycles. The summed E-state index contributed by atoms with van der Waals surface area (Å²) in [6.45, 7) is 2.35. The van der Waals surface area contributed by atoms with Crippen molar-refractivity contribution < 1.29 is 9.66 Å². The van der Waals surface area contributed by atoms with E-state index in [9.17, 15) is 10.1 Å². The van der Waals surface area contributed by atoms with Gasteiger partial charge in [0, 0.05) is 29.9 Å². The first kappa shape index (κ1) is 17.5. The number of H-pyrrole nitrogens is 1. The summed E-state index contributed by atoms with van der Waals surface area (Å²) in [7, 11) is 0. The minimum Gasteiger partial charge on any atom is -0.492 e. The molecule has 0 saturated carbocycles. The van der Waals surface area contributed by atoms with Gasteiger partial charge in [0.25, 0.3) is 5.69 Å². The Labute approximate surface area is 157 Å². The third kappa shape index (κ3) is 3.95. The maximum Gasteiger partial charge on any atom is 0.273 e. The number of nitrogens with zero attached hydrogens (tertiary/aromatic N) is 2. The highest BCUT2D eigenvalue weighted by Gasteiger charge is 2.25. The minimum absolute atomic E-state index is 0.0569. The molecule has 140 valence electrons. The second-order valence-electron chi connectivity index (χ2n) is 6.96. The van der Waals surface area contributed by atoms with Crippen molar-refractivity contribution in [2.24, 2.45) is 0 Å². The Bertz CT molecular complexity index is 904. The number of nitrogens with one attached hydrogen (secondary N) is 1. The van der Waals surface area contributed by atoms with Crippen LogP contribution in [-0.4, -0.2) is 34.5 Å². The van der Waals surface area contributed by atoms with Crippen LogP contribution in [0.1, 0.15) is 31.0 Å². The van der Waals surface area contributed by atoms with Gasteiger partial charge in [-0.3, -0.25) is 15.0 Å². The van der Waals surface area contributed by atoms with Crippen molar-refractivity contribution >= 4 is 16.6 Å². The van der Waals surface area contributed by atoms with Gasteiger partial charge in [-0.15, -0.1) is 0 Å². The first-order valence-electron chi connectivity index (χ1n) is 9.40. The molecule has 27 heavy (non-hydrogen) atoms. The molecule has 1 aliphatic rings. The Kier molecular flexibility index (Phi) is 5.07. The van der Waals surface area contributed by atoms with Crippen molar-refractivity contribution in [1.82, 2.24) is 9.88 Å².